The minimum absolute atomic E-state index is 0.0703. The third-order valence-corrected chi connectivity index (χ3v) is 7.37. The fraction of sp³-hybridized carbons (Fsp3) is 0.500. The molecule has 0 aliphatic rings. The Kier molecular flexibility index (Phi) is 9.58. The number of hydrogen-bond donors (Lipinski definition) is 0. The average molecular weight is 613 g/mol. The Morgan fingerprint density at radius 1 is 0.559 bits per heavy atom. The van der Waals surface area contributed by atoms with Gasteiger partial charge in [0.1, 0.15) is 0 Å². The Bertz CT molecular complexity index is 846. The summed E-state index contributed by atoms with van der Waals surface area (Å²) in [4.78, 5) is 0. The predicted molar refractivity (Wildman–Crippen MR) is 110 cm³/mol. The summed E-state index contributed by atoms with van der Waals surface area (Å²) >= 11 is -0.0703. The summed E-state index contributed by atoms with van der Waals surface area (Å²) in [6, 6.07) is 18.4. The highest BCUT2D eigenvalue weighted by Crippen LogP contribution is 2.48. The molecule has 0 radical (unpaired) electrons. The van der Waals surface area contributed by atoms with Crippen LogP contribution in [0.2, 0.25) is 0 Å². The van der Waals surface area contributed by atoms with Gasteiger partial charge in [0.2, 0.25) is 0 Å². The topological polar surface area (TPSA) is 0 Å². The molecule has 10 heteroatoms. The van der Waals surface area contributed by atoms with Gasteiger partial charge in [0, 0.05) is 0 Å². The summed E-state index contributed by atoms with van der Waals surface area (Å²) < 4.78 is 105. The standard InChI is InChI=1S/C20H26I.C4HF9/c1-19(2,3)15-7-11-17(12-8-15)21-18-13-9-16(10-14-18)20(4,5)6;5-1(6)2(7,8)3(9,10)4(11,12)13/h7-14H,1-6H3;1H/q+1;. The monoisotopic (exact) mass is 613 g/mol. The van der Waals surface area contributed by atoms with Crippen LogP contribution in [-0.2, 0) is 10.8 Å². The van der Waals surface area contributed by atoms with Gasteiger partial charge < -0.3 is 0 Å². The first-order valence-electron chi connectivity index (χ1n) is 10.1. The van der Waals surface area contributed by atoms with Crippen LogP contribution in [0.15, 0.2) is 48.5 Å². The number of benzene rings is 2. The van der Waals surface area contributed by atoms with E-state index in [0.29, 0.717) is 0 Å². The van der Waals surface area contributed by atoms with Crippen molar-refractivity contribution in [2.24, 2.45) is 0 Å². The molecule has 192 valence electrons. The van der Waals surface area contributed by atoms with E-state index >= 15 is 0 Å². The molecule has 0 fully saturated rings. The van der Waals surface area contributed by atoms with Crippen LogP contribution < -0.4 is 21.2 Å². The molecule has 2 aromatic carbocycles. The van der Waals surface area contributed by atoms with Crippen LogP contribution in [0.1, 0.15) is 52.7 Å². The molecular weight excluding hydrogens is 586 g/mol. The normalized spacial score (nSPS) is 13.5. The molecule has 0 spiro atoms. The van der Waals surface area contributed by atoms with Gasteiger partial charge in [0.25, 0.3) is 0 Å². The maximum atomic E-state index is 11.6. The highest BCUT2D eigenvalue weighted by Gasteiger charge is 2.76. The molecule has 0 bridgehead atoms. The SMILES string of the molecule is CC(C)(C)c1ccc([I+]c2ccc(C(C)(C)C)cc2)cc1.FC(F)C(F)(F)C(F)(F)C(F)(F)F. The maximum Gasteiger partial charge on any atom is 0.460 e. The zero-order chi connectivity index (χ0) is 26.8. The van der Waals surface area contributed by atoms with Gasteiger partial charge in [0.05, 0.1) is 0 Å². The first kappa shape index (κ1) is 30.6. The minimum Gasteiger partial charge on any atom is -0.203 e. The van der Waals surface area contributed by atoms with Crippen molar-refractivity contribution in [2.45, 2.75) is 76.8 Å². The van der Waals surface area contributed by atoms with Crippen molar-refractivity contribution < 1.29 is 60.7 Å². The number of hydrogen-bond acceptors (Lipinski definition) is 0. The highest BCUT2D eigenvalue weighted by atomic mass is 127. The Balaban J connectivity index is 0.000000385. The molecule has 0 atom stereocenters. The lowest BCUT2D eigenvalue weighted by atomic mass is 9.87. The third kappa shape index (κ3) is 7.78. The van der Waals surface area contributed by atoms with E-state index in [1.54, 1.807) is 0 Å². The quantitative estimate of drug-likeness (QED) is 0.316. The van der Waals surface area contributed by atoms with E-state index in [9.17, 15) is 39.5 Å². The van der Waals surface area contributed by atoms with E-state index in [-0.39, 0.29) is 32.0 Å². The summed E-state index contributed by atoms with van der Waals surface area (Å²) in [6.45, 7) is 13.6. The van der Waals surface area contributed by atoms with E-state index in [0.717, 1.165) is 0 Å². The second kappa shape index (κ2) is 10.7. The number of alkyl halides is 9. The van der Waals surface area contributed by atoms with Crippen molar-refractivity contribution in [1.29, 1.82) is 0 Å². The molecule has 0 heterocycles. The van der Waals surface area contributed by atoms with E-state index in [1.807, 2.05) is 0 Å². The minimum atomic E-state index is -6.73. The molecule has 2 rings (SSSR count). The number of halogens is 10. The van der Waals surface area contributed by atoms with Gasteiger partial charge in [-0.05, 0) is 46.2 Å². The molecule has 0 aromatic heterocycles. The lowest BCUT2D eigenvalue weighted by molar-refractivity contribution is -0.597. The van der Waals surface area contributed by atoms with Gasteiger partial charge >= 0.3 is 45.7 Å². The largest absolute Gasteiger partial charge is 0.460 e. The lowest BCUT2D eigenvalue weighted by Crippen LogP contribution is -3.61. The molecule has 0 unspecified atom stereocenters. The zero-order valence-electron chi connectivity index (χ0n) is 19.5. The Morgan fingerprint density at radius 2 is 0.853 bits per heavy atom. The van der Waals surface area contributed by atoms with E-state index in [1.165, 1.54) is 18.3 Å². The predicted octanol–water partition coefficient (Wildman–Crippen LogP) is 5.49. The van der Waals surface area contributed by atoms with Crippen LogP contribution in [0.4, 0.5) is 39.5 Å². The highest BCUT2D eigenvalue weighted by molar-refractivity contribution is 5.23. The van der Waals surface area contributed by atoms with Crippen molar-refractivity contribution in [3.05, 3.63) is 66.8 Å². The van der Waals surface area contributed by atoms with Crippen molar-refractivity contribution in [3.63, 3.8) is 0 Å². The Labute approximate surface area is 204 Å². The van der Waals surface area contributed by atoms with Crippen molar-refractivity contribution in [3.8, 4) is 0 Å². The fourth-order valence-electron chi connectivity index (χ4n) is 2.48. The first-order chi connectivity index (χ1) is 15.1. The van der Waals surface area contributed by atoms with Crippen LogP contribution in [0.25, 0.3) is 0 Å². The van der Waals surface area contributed by atoms with Crippen LogP contribution in [-0.4, -0.2) is 24.4 Å². The number of rotatable bonds is 4. The zero-order valence-corrected chi connectivity index (χ0v) is 21.6. The van der Waals surface area contributed by atoms with Crippen LogP contribution >= 0.6 is 0 Å². The molecule has 0 nitrogen and oxygen atoms in total. The summed E-state index contributed by atoms with van der Waals surface area (Å²) in [5, 5.41) is 0. The average Bonchev–Trinajstić information content (AvgIpc) is 2.67. The fourth-order valence-corrected chi connectivity index (χ4v) is 4.64. The van der Waals surface area contributed by atoms with E-state index in [2.05, 4.69) is 90.1 Å². The van der Waals surface area contributed by atoms with Gasteiger partial charge in [-0.15, -0.1) is 0 Å². The first-order valence-corrected chi connectivity index (χ1v) is 12.2. The van der Waals surface area contributed by atoms with Crippen molar-refractivity contribution >= 4 is 0 Å². The van der Waals surface area contributed by atoms with E-state index in [4.69, 9.17) is 0 Å². The Morgan fingerprint density at radius 3 is 1.03 bits per heavy atom. The Hall–Kier alpha value is -1.46. The van der Waals surface area contributed by atoms with Gasteiger partial charge in [-0.25, -0.2) is 8.78 Å². The molecular formula is C24H27F9I+. The molecule has 0 saturated carbocycles. The molecule has 0 aliphatic heterocycles. The van der Waals surface area contributed by atoms with Crippen molar-refractivity contribution in [2.75, 3.05) is 0 Å². The molecule has 0 N–H and O–H groups in total. The van der Waals surface area contributed by atoms with Crippen LogP contribution in [0.3, 0.4) is 0 Å². The van der Waals surface area contributed by atoms with Crippen molar-refractivity contribution in [1.82, 2.24) is 0 Å². The lowest BCUT2D eigenvalue weighted by Gasteiger charge is -2.27. The van der Waals surface area contributed by atoms with Crippen LogP contribution in [0, 0.1) is 7.14 Å². The second-order valence-corrected chi connectivity index (χ2v) is 12.6. The van der Waals surface area contributed by atoms with Crippen LogP contribution in [0.5, 0.6) is 0 Å². The van der Waals surface area contributed by atoms with E-state index < -0.39 is 24.4 Å². The molecule has 0 saturated heterocycles. The summed E-state index contributed by atoms with van der Waals surface area (Å²) in [5.74, 6) is -13.1. The summed E-state index contributed by atoms with van der Waals surface area (Å²) in [6.07, 6.45) is -11.8. The smallest absolute Gasteiger partial charge is 0.203 e. The van der Waals surface area contributed by atoms with Gasteiger partial charge in [-0.3, -0.25) is 0 Å². The molecule has 0 aliphatic carbocycles. The third-order valence-electron chi connectivity index (χ3n) is 4.69. The maximum absolute atomic E-state index is 11.6. The van der Waals surface area contributed by atoms with Gasteiger partial charge in [-0.2, -0.15) is 30.7 Å². The molecule has 2 aromatic rings. The van der Waals surface area contributed by atoms with Gasteiger partial charge in [0.15, 0.2) is 7.14 Å². The molecule has 0 amide bonds. The summed E-state index contributed by atoms with van der Waals surface area (Å²) in [7, 11) is 0. The summed E-state index contributed by atoms with van der Waals surface area (Å²) in [5.41, 5.74) is 3.31. The molecule has 34 heavy (non-hydrogen) atoms. The van der Waals surface area contributed by atoms with Gasteiger partial charge in [-0.1, -0.05) is 65.8 Å². The second-order valence-electron chi connectivity index (χ2n) is 9.60.